The van der Waals surface area contributed by atoms with Crippen molar-refractivity contribution < 1.29 is 4.74 Å². The summed E-state index contributed by atoms with van der Waals surface area (Å²) in [5.74, 6) is 1.69. The summed E-state index contributed by atoms with van der Waals surface area (Å²) >= 11 is 0. The van der Waals surface area contributed by atoms with Gasteiger partial charge in [0.25, 0.3) is 0 Å². The second-order valence-electron chi connectivity index (χ2n) is 5.38. The van der Waals surface area contributed by atoms with E-state index in [1.165, 1.54) is 12.8 Å². The van der Waals surface area contributed by atoms with E-state index in [0.29, 0.717) is 0 Å². The first-order valence-corrected chi connectivity index (χ1v) is 7.05. The van der Waals surface area contributed by atoms with Crippen LogP contribution in [0.4, 0.5) is 0 Å². The van der Waals surface area contributed by atoms with Crippen LogP contribution in [0.2, 0.25) is 0 Å². The molecule has 1 fully saturated rings. The van der Waals surface area contributed by atoms with Gasteiger partial charge in [-0.15, -0.1) is 0 Å². The second-order valence-corrected chi connectivity index (χ2v) is 5.38. The molecule has 1 saturated carbocycles. The average molecular weight is 264 g/mol. The van der Waals surface area contributed by atoms with Crippen LogP contribution in [-0.4, -0.2) is 16.0 Å². The maximum Gasteiger partial charge on any atom is 0.137 e. The van der Waals surface area contributed by atoms with E-state index >= 15 is 0 Å². The van der Waals surface area contributed by atoms with Gasteiger partial charge in [-0.1, -0.05) is 30.3 Å². The van der Waals surface area contributed by atoms with E-state index in [-0.39, 0.29) is 0 Å². The van der Waals surface area contributed by atoms with Gasteiger partial charge in [-0.2, -0.15) is 0 Å². The van der Waals surface area contributed by atoms with E-state index in [0.717, 1.165) is 35.2 Å². The van der Waals surface area contributed by atoms with Crippen molar-refractivity contribution in [3.63, 3.8) is 0 Å². The maximum absolute atomic E-state index is 5.80. The number of hydrogen-bond donors (Lipinski definition) is 0. The number of hydrogen-bond acceptors (Lipinski definition) is 2. The normalized spacial score (nSPS) is 14.6. The minimum absolute atomic E-state index is 0.772. The van der Waals surface area contributed by atoms with Crippen molar-refractivity contribution in [2.24, 2.45) is 5.92 Å². The number of rotatable bonds is 4. The zero-order valence-corrected chi connectivity index (χ0v) is 11.2. The van der Waals surface area contributed by atoms with E-state index in [4.69, 9.17) is 4.74 Å². The first-order chi connectivity index (χ1) is 9.88. The number of benzene rings is 1. The van der Waals surface area contributed by atoms with Crippen molar-refractivity contribution in [2.45, 2.75) is 12.8 Å². The van der Waals surface area contributed by atoms with Crippen LogP contribution in [-0.2, 0) is 0 Å². The minimum Gasteiger partial charge on any atom is -0.492 e. The van der Waals surface area contributed by atoms with E-state index in [1.54, 1.807) is 0 Å². The molecule has 20 heavy (non-hydrogen) atoms. The van der Waals surface area contributed by atoms with Gasteiger partial charge in [-0.05, 0) is 30.9 Å². The van der Waals surface area contributed by atoms with E-state index in [1.807, 2.05) is 40.9 Å². The fraction of sp³-hybridized carbons (Fsp3) is 0.235. The molecule has 0 saturated heterocycles. The largest absolute Gasteiger partial charge is 0.492 e. The van der Waals surface area contributed by atoms with Gasteiger partial charge in [0.1, 0.15) is 11.4 Å². The van der Waals surface area contributed by atoms with Gasteiger partial charge < -0.3 is 9.14 Å². The topological polar surface area (TPSA) is 26.5 Å². The molecule has 100 valence electrons. The number of fused-ring (bicyclic) bond motifs is 1. The van der Waals surface area contributed by atoms with Crippen molar-refractivity contribution in [1.82, 2.24) is 9.38 Å². The van der Waals surface area contributed by atoms with Crippen LogP contribution >= 0.6 is 0 Å². The highest BCUT2D eigenvalue weighted by Crippen LogP contribution is 2.29. The van der Waals surface area contributed by atoms with Crippen molar-refractivity contribution >= 4 is 5.65 Å². The van der Waals surface area contributed by atoms with Crippen LogP contribution in [0.5, 0.6) is 5.75 Å². The van der Waals surface area contributed by atoms with Gasteiger partial charge in [0, 0.05) is 11.8 Å². The Kier molecular flexibility index (Phi) is 2.69. The highest BCUT2D eigenvalue weighted by atomic mass is 16.5. The van der Waals surface area contributed by atoms with Crippen molar-refractivity contribution in [1.29, 1.82) is 0 Å². The fourth-order valence-corrected chi connectivity index (χ4v) is 2.30. The number of pyridine rings is 1. The van der Waals surface area contributed by atoms with Gasteiger partial charge in [0.15, 0.2) is 0 Å². The van der Waals surface area contributed by atoms with E-state index in [2.05, 4.69) is 23.3 Å². The summed E-state index contributed by atoms with van der Waals surface area (Å²) in [7, 11) is 0. The molecule has 3 aromatic rings. The van der Waals surface area contributed by atoms with Gasteiger partial charge in [-0.25, -0.2) is 4.98 Å². The molecule has 0 bridgehead atoms. The van der Waals surface area contributed by atoms with Gasteiger partial charge in [0.05, 0.1) is 18.5 Å². The quantitative estimate of drug-likeness (QED) is 0.716. The molecule has 0 atom stereocenters. The van der Waals surface area contributed by atoms with E-state index < -0.39 is 0 Å². The molecule has 1 aliphatic rings. The van der Waals surface area contributed by atoms with E-state index in [9.17, 15) is 0 Å². The third kappa shape index (κ3) is 2.27. The molecule has 2 heterocycles. The number of ether oxygens (including phenoxy) is 1. The predicted molar refractivity (Wildman–Crippen MR) is 78.8 cm³/mol. The lowest BCUT2D eigenvalue weighted by Gasteiger charge is -2.04. The first-order valence-electron chi connectivity index (χ1n) is 7.05. The summed E-state index contributed by atoms with van der Waals surface area (Å²) in [5.41, 5.74) is 3.07. The second kappa shape index (κ2) is 4.67. The van der Waals surface area contributed by atoms with Gasteiger partial charge >= 0.3 is 0 Å². The Hall–Kier alpha value is -2.29. The third-order valence-electron chi connectivity index (χ3n) is 3.68. The first kappa shape index (κ1) is 11.5. The molecule has 1 aliphatic carbocycles. The molecule has 4 rings (SSSR count). The lowest BCUT2D eigenvalue weighted by Crippen LogP contribution is -1.99. The molecule has 0 unspecified atom stereocenters. The fourth-order valence-electron chi connectivity index (χ4n) is 2.30. The minimum atomic E-state index is 0.772. The maximum atomic E-state index is 5.80. The van der Waals surface area contributed by atoms with Crippen LogP contribution < -0.4 is 4.74 Å². The van der Waals surface area contributed by atoms with Crippen LogP contribution in [0.1, 0.15) is 12.8 Å². The number of aromatic nitrogens is 2. The number of nitrogens with zero attached hydrogens (tertiary/aromatic N) is 2. The molecule has 0 aliphatic heterocycles. The summed E-state index contributed by atoms with van der Waals surface area (Å²) in [5, 5.41) is 0. The van der Waals surface area contributed by atoms with Gasteiger partial charge in [-0.3, -0.25) is 0 Å². The monoisotopic (exact) mass is 264 g/mol. The van der Waals surface area contributed by atoms with Gasteiger partial charge in [0.2, 0.25) is 0 Å². The summed E-state index contributed by atoms with van der Waals surface area (Å²) < 4.78 is 7.84. The molecule has 1 aromatic carbocycles. The third-order valence-corrected chi connectivity index (χ3v) is 3.68. The zero-order chi connectivity index (χ0) is 13.4. The molecule has 0 N–H and O–H groups in total. The Morgan fingerprint density at radius 3 is 2.70 bits per heavy atom. The summed E-state index contributed by atoms with van der Waals surface area (Å²) in [6.45, 7) is 0.839. The predicted octanol–water partition coefficient (Wildman–Crippen LogP) is 3.79. The Morgan fingerprint density at radius 2 is 1.90 bits per heavy atom. The summed E-state index contributed by atoms with van der Waals surface area (Å²) in [6, 6.07) is 14.2. The summed E-state index contributed by atoms with van der Waals surface area (Å²) in [6.07, 6.45) is 6.68. The smallest absolute Gasteiger partial charge is 0.137 e. The molecule has 0 amide bonds. The lowest BCUT2D eigenvalue weighted by molar-refractivity contribution is 0.298. The molecule has 3 nitrogen and oxygen atoms in total. The van der Waals surface area contributed by atoms with Crippen LogP contribution in [0.25, 0.3) is 16.9 Å². The molecule has 0 spiro atoms. The van der Waals surface area contributed by atoms with Crippen molar-refractivity contribution in [3.8, 4) is 17.0 Å². The molecule has 0 radical (unpaired) electrons. The SMILES string of the molecule is c1ccc(-c2cn3cc(OCC4CC4)ccc3n2)cc1. The average Bonchev–Trinajstić information content (AvgIpc) is 3.23. The highest BCUT2D eigenvalue weighted by molar-refractivity contribution is 5.62. The van der Waals surface area contributed by atoms with Crippen molar-refractivity contribution in [2.75, 3.05) is 6.61 Å². The Bertz CT molecular complexity index is 729. The van der Waals surface area contributed by atoms with Crippen molar-refractivity contribution in [3.05, 3.63) is 54.9 Å². The molecule has 3 heteroatoms. The Morgan fingerprint density at radius 1 is 1.05 bits per heavy atom. The molecular formula is C17H16N2O. The van der Waals surface area contributed by atoms with Crippen LogP contribution in [0.15, 0.2) is 54.9 Å². The molecule has 2 aromatic heterocycles. The lowest BCUT2D eigenvalue weighted by atomic mass is 10.2. The number of imidazole rings is 1. The Labute approximate surface area is 117 Å². The van der Waals surface area contributed by atoms with Crippen LogP contribution in [0, 0.1) is 5.92 Å². The van der Waals surface area contributed by atoms with Crippen LogP contribution in [0.3, 0.4) is 0 Å². The highest BCUT2D eigenvalue weighted by Gasteiger charge is 2.21. The standard InChI is InChI=1S/C17H16N2O/c1-2-4-14(5-3-1)16-11-19-10-15(8-9-17(19)18-16)20-12-13-6-7-13/h1-5,8-11,13H,6-7,12H2. The summed E-state index contributed by atoms with van der Waals surface area (Å²) in [4.78, 5) is 4.64. The Balaban J connectivity index is 1.64. The zero-order valence-electron chi connectivity index (χ0n) is 11.2. The molecular weight excluding hydrogens is 248 g/mol.